The number of aromatic nitrogens is 1. The highest BCUT2D eigenvalue weighted by Crippen LogP contribution is 2.24. The molecule has 1 atom stereocenters. The Kier molecular flexibility index (Phi) is 4.47. The molecule has 112 valence electrons. The van der Waals surface area contributed by atoms with Crippen molar-refractivity contribution in [3.63, 3.8) is 0 Å². The molecule has 0 aliphatic carbocycles. The van der Waals surface area contributed by atoms with E-state index in [1.807, 2.05) is 0 Å². The lowest BCUT2D eigenvalue weighted by Gasteiger charge is -2.20. The molecule has 1 heterocycles. The van der Waals surface area contributed by atoms with Crippen LogP contribution in [0.2, 0.25) is 0 Å². The third kappa shape index (κ3) is 3.95. The molecule has 2 N–H and O–H groups in total. The highest BCUT2D eigenvalue weighted by Gasteiger charge is 2.19. The minimum absolute atomic E-state index is 0.0864. The summed E-state index contributed by atoms with van der Waals surface area (Å²) < 4.78 is 44.6. The summed E-state index contributed by atoms with van der Waals surface area (Å²) in [4.78, 5) is 3.95. The monoisotopic (exact) mass is 296 g/mol. The fraction of sp³-hybridized carbons (Fsp3) is 0.267. The first-order valence-electron chi connectivity index (χ1n) is 6.30. The predicted octanol–water partition coefficient (Wildman–Crippen LogP) is 3.09. The highest BCUT2D eigenvalue weighted by molar-refractivity contribution is 5.60. The number of ether oxygens (including phenoxy) is 1. The maximum absolute atomic E-state index is 14.0. The van der Waals surface area contributed by atoms with Crippen molar-refractivity contribution < 1.29 is 17.9 Å². The molecule has 21 heavy (non-hydrogen) atoms. The van der Waals surface area contributed by atoms with Crippen molar-refractivity contribution in [1.82, 2.24) is 4.98 Å². The van der Waals surface area contributed by atoms with Gasteiger partial charge in [-0.2, -0.15) is 0 Å². The lowest BCUT2D eigenvalue weighted by Crippen LogP contribution is -2.44. The molecule has 0 fully saturated rings. The summed E-state index contributed by atoms with van der Waals surface area (Å²) in [7, 11) is 0. The molecule has 2 rings (SSSR count). The lowest BCUT2D eigenvalue weighted by atomic mass is 10.1. The third-order valence-electron chi connectivity index (χ3n) is 2.81. The Hall–Kier alpha value is -2.08. The first-order chi connectivity index (χ1) is 9.91. The van der Waals surface area contributed by atoms with E-state index < -0.39 is 23.8 Å². The van der Waals surface area contributed by atoms with Gasteiger partial charge in [-0.05, 0) is 31.2 Å². The van der Waals surface area contributed by atoms with Gasteiger partial charge in [-0.1, -0.05) is 0 Å². The van der Waals surface area contributed by atoms with Crippen LogP contribution in [0.5, 0.6) is 5.75 Å². The molecule has 0 saturated heterocycles. The fourth-order valence-corrected chi connectivity index (χ4v) is 1.61. The van der Waals surface area contributed by atoms with Crippen molar-refractivity contribution in [3.8, 4) is 17.0 Å². The van der Waals surface area contributed by atoms with Crippen LogP contribution in [0, 0.1) is 11.6 Å². The first kappa shape index (κ1) is 15.3. The minimum atomic E-state index is -1.13. The Bertz CT molecular complexity index is 615. The van der Waals surface area contributed by atoms with Gasteiger partial charge in [-0.15, -0.1) is 0 Å². The highest BCUT2D eigenvalue weighted by atomic mass is 19.1. The standard InChI is InChI=1S/C15H15F3N2O/c1-15(19,8-16)9-21-12-6-13(18)14(20-7-12)10-2-4-11(17)5-3-10/h2-7H,8-9,19H2,1H3. The lowest BCUT2D eigenvalue weighted by molar-refractivity contribution is 0.196. The molecule has 1 aromatic heterocycles. The second-order valence-electron chi connectivity index (χ2n) is 5.08. The van der Waals surface area contributed by atoms with Crippen LogP contribution in [0.15, 0.2) is 36.5 Å². The second-order valence-corrected chi connectivity index (χ2v) is 5.08. The summed E-state index contributed by atoms with van der Waals surface area (Å²) in [6.45, 7) is 0.640. The first-order valence-corrected chi connectivity index (χ1v) is 6.30. The average molecular weight is 296 g/mol. The maximum atomic E-state index is 14.0. The third-order valence-corrected chi connectivity index (χ3v) is 2.81. The SMILES string of the molecule is CC(N)(CF)COc1cnc(-c2ccc(F)cc2)c(F)c1. The molecule has 0 spiro atoms. The largest absolute Gasteiger partial charge is 0.490 e. The van der Waals surface area contributed by atoms with Crippen molar-refractivity contribution in [1.29, 1.82) is 0 Å². The molecule has 1 unspecified atom stereocenters. The van der Waals surface area contributed by atoms with Gasteiger partial charge in [-0.25, -0.2) is 18.2 Å². The molecule has 0 aliphatic rings. The molecule has 0 bridgehead atoms. The number of nitrogens with two attached hydrogens (primary N) is 1. The van der Waals surface area contributed by atoms with Gasteiger partial charge in [0.05, 0.1) is 11.7 Å². The topological polar surface area (TPSA) is 48.1 Å². The number of hydrogen-bond acceptors (Lipinski definition) is 3. The zero-order chi connectivity index (χ0) is 15.5. The number of benzene rings is 1. The Morgan fingerprint density at radius 3 is 2.48 bits per heavy atom. The van der Waals surface area contributed by atoms with E-state index in [4.69, 9.17) is 10.5 Å². The predicted molar refractivity (Wildman–Crippen MR) is 73.7 cm³/mol. The maximum Gasteiger partial charge on any atom is 0.153 e. The van der Waals surface area contributed by atoms with Gasteiger partial charge in [-0.3, -0.25) is 0 Å². The van der Waals surface area contributed by atoms with Crippen molar-refractivity contribution in [3.05, 3.63) is 48.2 Å². The Morgan fingerprint density at radius 1 is 1.24 bits per heavy atom. The van der Waals surface area contributed by atoms with E-state index in [-0.39, 0.29) is 18.1 Å². The zero-order valence-corrected chi connectivity index (χ0v) is 11.4. The number of hydrogen-bond donors (Lipinski definition) is 1. The minimum Gasteiger partial charge on any atom is -0.490 e. The number of pyridine rings is 1. The summed E-state index contributed by atoms with van der Waals surface area (Å²) >= 11 is 0. The van der Waals surface area contributed by atoms with Crippen LogP contribution in [0.1, 0.15) is 6.92 Å². The van der Waals surface area contributed by atoms with Crippen LogP contribution < -0.4 is 10.5 Å². The summed E-state index contributed by atoms with van der Waals surface area (Å²) in [6, 6.07) is 6.45. The average Bonchev–Trinajstić information content (AvgIpc) is 2.47. The van der Waals surface area contributed by atoms with Gasteiger partial charge in [0.2, 0.25) is 0 Å². The second kappa shape index (κ2) is 6.13. The normalized spacial score (nSPS) is 13.8. The fourth-order valence-electron chi connectivity index (χ4n) is 1.61. The smallest absolute Gasteiger partial charge is 0.153 e. The summed E-state index contributed by atoms with van der Waals surface area (Å²) in [6.07, 6.45) is 1.32. The van der Waals surface area contributed by atoms with Crippen LogP contribution in [0.25, 0.3) is 11.3 Å². The van der Waals surface area contributed by atoms with E-state index in [2.05, 4.69) is 4.98 Å². The van der Waals surface area contributed by atoms with E-state index in [0.29, 0.717) is 5.56 Å². The van der Waals surface area contributed by atoms with Crippen molar-refractivity contribution in [2.45, 2.75) is 12.5 Å². The Labute approximate surface area is 120 Å². The molecule has 1 aromatic carbocycles. The van der Waals surface area contributed by atoms with Crippen LogP contribution in [-0.2, 0) is 0 Å². The van der Waals surface area contributed by atoms with E-state index in [9.17, 15) is 13.2 Å². The van der Waals surface area contributed by atoms with Gasteiger partial charge < -0.3 is 10.5 Å². The van der Waals surface area contributed by atoms with Crippen molar-refractivity contribution in [2.75, 3.05) is 13.3 Å². The molecule has 2 aromatic rings. The molecule has 0 aliphatic heterocycles. The Morgan fingerprint density at radius 2 is 1.90 bits per heavy atom. The Balaban J connectivity index is 2.16. The quantitative estimate of drug-likeness (QED) is 0.922. The van der Waals surface area contributed by atoms with Gasteiger partial charge >= 0.3 is 0 Å². The van der Waals surface area contributed by atoms with E-state index in [1.54, 1.807) is 0 Å². The molecule has 0 saturated carbocycles. The van der Waals surface area contributed by atoms with Crippen LogP contribution in [-0.4, -0.2) is 23.8 Å². The van der Waals surface area contributed by atoms with Gasteiger partial charge in [0.1, 0.15) is 30.5 Å². The van der Waals surface area contributed by atoms with Crippen LogP contribution >= 0.6 is 0 Å². The van der Waals surface area contributed by atoms with Crippen LogP contribution in [0.3, 0.4) is 0 Å². The van der Waals surface area contributed by atoms with Crippen molar-refractivity contribution in [2.24, 2.45) is 5.73 Å². The number of alkyl halides is 1. The summed E-state index contributed by atoms with van der Waals surface area (Å²) in [5.74, 6) is -0.867. The van der Waals surface area contributed by atoms with E-state index >= 15 is 0 Å². The molecular weight excluding hydrogens is 281 g/mol. The molecular formula is C15H15F3N2O. The number of halogens is 3. The molecule has 3 nitrogen and oxygen atoms in total. The molecule has 0 radical (unpaired) electrons. The zero-order valence-electron chi connectivity index (χ0n) is 11.4. The number of rotatable bonds is 5. The number of nitrogens with zero attached hydrogens (tertiary/aromatic N) is 1. The summed E-state index contributed by atoms with van der Waals surface area (Å²) in [5, 5.41) is 0. The van der Waals surface area contributed by atoms with Crippen LogP contribution in [0.4, 0.5) is 13.2 Å². The molecule has 6 heteroatoms. The van der Waals surface area contributed by atoms with Gasteiger partial charge in [0.15, 0.2) is 5.82 Å². The van der Waals surface area contributed by atoms with Crippen molar-refractivity contribution >= 4 is 0 Å². The van der Waals surface area contributed by atoms with E-state index in [0.717, 1.165) is 6.07 Å². The van der Waals surface area contributed by atoms with Gasteiger partial charge in [0, 0.05) is 11.6 Å². The molecule has 0 amide bonds. The van der Waals surface area contributed by atoms with Gasteiger partial charge in [0.25, 0.3) is 0 Å². The summed E-state index contributed by atoms with van der Waals surface area (Å²) in [5.41, 5.74) is 4.99. The van der Waals surface area contributed by atoms with E-state index in [1.165, 1.54) is 37.4 Å².